The van der Waals surface area contributed by atoms with E-state index in [1.807, 2.05) is 31.2 Å². The van der Waals surface area contributed by atoms with E-state index < -0.39 is 7.60 Å². The standard InChI is InChI=1S/C14H22NO5P/c1-12-4-6-14(7-5-12)8-10-20-15(13(2)16)9-3-11-21(17,18)19/h4-7H,3,8-11H2,1-2H3,(H2,17,18,19). The first-order valence-electron chi connectivity index (χ1n) is 6.79. The molecule has 1 rings (SSSR count). The number of rotatable bonds is 8. The van der Waals surface area contributed by atoms with Gasteiger partial charge >= 0.3 is 7.60 Å². The summed E-state index contributed by atoms with van der Waals surface area (Å²) in [5, 5.41) is 1.16. The van der Waals surface area contributed by atoms with Gasteiger partial charge in [-0.05, 0) is 25.3 Å². The number of nitrogens with zero attached hydrogens (tertiary/aromatic N) is 1. The highest BCUT2D eigenvalue weighted by Gasteiger charge is 2.15. The van der Waals surface area contributed by atoms with Crippen LogP contribution >= 0.6 is 7.60 Å². The van der Waals surface area contributed by atoms with E-state index in [9.17, 15) is 9.36 Å². The molecule has 0 spiro atoms. The van der Waals surface area contributed by atoms with Gasteiger partial charge in [0.25, 0.3) is 0 Å². The minimum absolute atomic E-state index is 0.175. The topological polar surface area (TPSA) is 87.1 Å². The van der Waals surface area contributed by atoms with Gasteiger partial charge in [0.1, 0.15) is 0 Å². The van der Waals surface area contributed by atoms with Crippen LogP contribution in [0.15, 0.2) is 24.3 Å². The second-order valence-corrected chi connectivity index (χ2v) is 6.71. The van der Waals surface area contributed by atoms with Crippen LogP contribution in [0.5, 0.6) is 0 Å². The van der Waals surface area contributed by atoms with E-state index in [4.69, 9.17) is 14.6 Å². The maximum Gasteiger partial charge on any atom is 0.325 e. The predicted molar refractivity (Wildman–Crippen MR) is 79.8 cm³/mol. The lowest BCUT2D eigenvalue weighted by atomic mass is 10.1. The first-order valence-corrected chi connectivity index (χ1v) is 8.59. The summed E-state index contributed by atoms with van der Waals surface area (Å²) < 4.78 is 10.8. The summed E-state index contributed by atoms with van der Waals surface area (Å²) in [6.07, 6.45) is 0.620. The molecule has 0 saturated heterocycles. The number of carbonyl (C=O) groups excluding carboxylic acids is 1. The second-order valence-electron chi connectivity index (χ2n) is 4.93. The molecule has 1 aromatic rings. The maximum absolute atomic E-state index is 11.4. The second kappa shape index (κ2) is 8.29. The number of aryl methyl sites for hydroxylation is 1. The van der Waals surface area contributed by atoms with Crippen molar-refractivity contribution in [1.29, 1.82) is 0 Å². The van der Waals surface area contributed by atoms with Crippen molar-refractivity contribution in [1.82, 2.24) is 5.06 Å². The van der Waals surface area contributed by atoms with E-state index in [0.29, 0.717) is 13.0 Å². The zero-order chi connectivity index (χ0) is 15.9. The molecule has 0 fully saturated rings. The Hall–Kier alpha value is -1.20. The van der Waals surface area contributed by atoms with Gasteiger partial charge in [-0.1, -0.05) is 29.8 Å². The molecule has 118 valence electrons. The summed E-state index contributed by atoms with van der Waals surface area (Å²) in [6, 6.07) is 8.03. The SMILES string of the molecule is CC(=O)N(CCCP(=O)(O)O)OCCc1ccc(C)cc1. The van der Waals surface area contributed by atoms with E-state index in [0.717, 1.165) is 10.6 Å². The Kier molecular flexibility index (Phi) is 7.05. The number of amides is 1. The van der Waals surface area contributed by atoms with Crippen LogP contribution in [0.4, 0.5) is 0 Å². The third-order valence-electron chi connectivity index (χ3n) is 2.92. The zero-order valence-corrected chi connectivity index (χ0v) is 13.3. The molecule has 0 aromatic heterocycles. The van der Waals surface area contributed by atoms with Gasteiger partial charge in [0.2, 0.25) is 5.91 Å². The van der Waals surface area contributed by atoms with Gasteiger partial charge in [-0.15, -0.1) is 0 Å². The van der Waals surface area contributed by atoms with Crippen molar-refractivity contribution < 1.29 is 24.0 Å². The number of benzene rings is 1. The summed E-state index contributed by atoms with van der Waals surface area (Å²) in [6.45, 7) is 3.90. The average Bonchev–Trinajstić information content (AvgIpc) is 2.37. The minimum Gasteiger partial charge on any atom is -0.324 e. The summed E-state index contributed by atoms with van der Waals surface area (Å²) in [4.78, 5) is 34.3. The maximum atomic E-state index is 11.4. The van der Waals surface area contributed by atoms with Crippen LogP contribution in [-0.2, 0) is 20.6 Å². The molecule has 0 radical (unpaired) electrons. The minimum atomic E-state index is -4.02. The first kappa shape index (κ1) is 17.9. The highest BCUT2D eigenvalue weighted by Crippen LogP contribution is 2.34. The largest absolute Gasteiger partial charge is 0.325 e. The fourth-order valence-electron chi connectivity index (χ4n) is 1.76. The molecule has 0 heterocycles. The van der Waals surface area contributed by atoms with Gasteiger partial charge in [-0.2, -0.15) is 0 Å². The molecule has 0 unspecified atom stereocenters. The Morgan fingerprint density at radius 3 is 2.43 bits per heavy atom. The van der Waals surface area contributed by atoms with Crippen molar-refractivity contribution in [3.63, 3.8) is 0 Å². The van der Waals surface area contributed by atoms with Crippen molar-refractivity contribution in [2.75, 3.05) is 19.3 Å². The molecule has 0 bridgehead atoms. The number of hydrogen-bond acceptors (Lipinski definition) is 3. The van der Waals surface area contributed by atoms with Crippen LogP contribution in [0.25, 0.3) is 0 Å². The van der Waals surface area contributed by atoms with E-state index in [-0.39, 0.29) is 25.0 Å². The molecule has 1 aromatic carbocycles. The highest BCUT2D eigenvalue weighted by atomic mass is 31.2. The van der Waals surface area contributed by atoms with Crippen LogP contribution in [0.2, 0.25) is 0 Å². The first-order chi connectivity index (χ1) is 9.78. The highest BCUT2D eigenvalue weighted by molar-refractivity contribution is 7.51. The predicted octanol–water partition coefficient (Wildman–Crippen LogP) is 1.89. The van der Waals surface area contributed by atoms with Crippen molar-refractivity contribution in [3.05, 3.63) is 35.4 Å². The normalized spacial score (nSPS) is 11.4. The summed E-state index contributed by atoms with van der Waals surface area (Å²) >= 11 is 0. The number of hydroxylamine groups is 2. The molecule has 0 saturated carbocycles. The van der Waals surface area contributed by atoms with Gasteiger partial charge in [0.15, 0.2) is 0 Å². The lowest BCUT2D eigenvalue weighted by Crippen LogP contribution is -2.31. The van der Waals surface area contributed by atoms with Gasteiger partial charge in [-0.25, -0.2) is 5.06 Å². The quantitative estimate of drug-likeness (QED) is 0.565. The van der Waals surface area contributed by atoms with Gasteiger partial charge in [-0.3, -0.25) is 14.2 Å². The molecule has 0 atom stereocenters. The summed E-state index contributed by atoms with van der Waals surface area (Å²) in [7, 11) is -4.02. The van der Waals surface area contributed by atoms with Gasteiger partial charge < -0.3 is 9.79 Å². The fraction of sp³-hybridized carbons (Fsp3) is 0.500. The monoisotopic (exact) mass is 315 g/mol. The van der Waals surface area contributed by atoms with Crippen LogP contribution < -0.4 is 0 Å². The van der Waals surface area contributed by atoms with E-state index in [2.05, 4.69) is 0 Å². The van der Waals surface area contributed by atoms with Crippen molar-refractivity contribution in [2.45, 2.75) is 26.7 Å². The molecule has 21 heavy (non-hydrogen) atoms. The average molecular weight is 315 g/mol. The van der Waals surface area contributed by atoms with Crippen molar-refractivity contribution in [2.24, 2.45) is 0 Å². The smallest absolute Gasteiger partial charge is 0.324 e. The molecule has 1 amide bonds. The third kappa shape index (κ3) is 7.97. The molecule has 0 aliphatic heterocycles. The van der Waals surface area contributed by atoms with E-state index in [1.165, 1.54) is 12.5 Å². The van der Waals surface area contributed by atoms with Crippen molar-refractivity contribution >= 4 is 13.5 Å². The van der Waals surface area contributed by atoms with Crippen LogP contribution in [0, 0.1) is 6.92 Å². The van der Waals surface area contributed by atoms with Crippen LogP contribution in [-0.4, -0.2) is 40.1 Å². The molecular formula is C14H22NO5P. The van der Waals surface area contributed by atoms with Crippen molar-refractivity contribution in [3.8, 4) is 0 Å². The zero-order valence-electron chi connectivity index (χ0n) is 12.4. The molecular weight excluding hydrogens is 293 g/mol. The Bertz CT molecular complexity index is 497. The lowest BCUT2D eigenvalue weighted by molar-refractivity contribution is -0.183. The lowest BCUT2D eigenvalue weighted by Gasteiger charge is -2.20. The number of hydrogen-bond donors (Lipinski definition) is 2. The molecule has 0 aliphatic rings. The fourth-order valence-corrected chi connectivity index (χ4v) is 2.31. The van der Waals surface area contributed by atoms with Gasteiger partial charge in [0, 0.05) is 13.5 Å². The Balaban J connectivity index is 2.35. The molecule has 7 heteroatoms. The summed E-state index contributed by atoms with van der Waals surface area (Å²) in [5.74, 6) is -0.274. The molecule has 2 N–H and O–H groups in total. The Morgan fingerprint density at radius 1 is 1.29 bits per heavy atom. The van der Waals surface area contributed by atoms with Gasteiger partial charge in [0.05, 0.1) is 12.8 Å². The number of carbonyl (C=O) groups is 1. The Labute approximate surface area is 124 Å². The molecule has 6 nitrogen and oxygen atoms in total. The van der Waals surface area contributed by atoms with E-state index in [1.54, 1.807) is 0 Å². The van der Waals surface area contributed by atoms with Crippen LogP contribution in [0.1, 0.15) is 24.5 Å². The summed E-state index contributed by atoms with van der Waals surface area (Å²) in [5.41, 5.74) is 2.29. The third-order valence-corrected chi connectivity index (χ3v) is 3.82. The van der Waals surface area contributed by atoms with Crippen LogP contribution in [0.3, 0.4) is 0 Å². The van der Waals surface area contributed by atoms with E-state index >= 15 is 0 Å². The Morgan fingerprint density at radius 2 is 1.90 bits per heavy atom. The molecule has 0 aliphatic carbocycles.